The maximum Gasteiger partial charge on any atom is 0.416 e. The highest BCUT2D eigenvalue weighted by molar-refractivity contribution is 5.84. The summed E-state index contributed by atoms with van der Waals surface area (Å²) in [5, 5.41) is 8.92. The van der Waals surface area contributed by atoms with Gasteiger partial charge in [0.25, 0.3) is 5.91 Å². The van der Waals surface area contributed by atoms with Crippen LogP contribution in [-0.4, -0.2) is 41.1 Å². The molecule has 1 N–H and O–H groups in total. The van der Waals surface area contributed by atoms with Gasteiger partial charge in [-0.1, -0.05) is 12.1 Å². The normalized spacial score (nSPS) is 18.0. The number of carbonyl (C=O) groups excluding carboxylic acids is 1. The highest BCUT2D eigenvalue weighted by Crippen LogP contribution is 2.29. The molecule has 0 aliphatic carbocycles. The quantitative estimate of drug-likeness (QED) is 0.899. The first kappa shape index (κ1) is 17.3. The summed E-state index contributed by atoms with van der Waals surface area (Å²) in [6.07, 6.45) is -3.88. The Morgan fingerprint density at radius 2 is 1.91 bits per heavy atom. The van der Waals surface area contributed by atoms with Crippen molar-refractivity contribution in [3.63, 3.8) is 0 Å². The number of benzene rings is 1. The average Bonchev–Trinajstić information content (AvgIpc) is 2.99. The van der Waals surface area contributed by atoms with Crippen LogP contribution < -0.4 is 0 Å². The number of aliphatic carboxylic acids is 1. The topological polar surface area (TPSA) is 66.8 Å². The van der Waals surface area contributed by atoms with Gasteiger partial charge in [0.05, 0.1) is 5.56 Å². The molecule has 0 radical (unpaired) electrons. The second-order valence-corrected chi connectivity index (χ2v) is 5.28. The van der Waals surface area contributed by atoms with Gasteiger partial charge in [0.15, 0.2) is 0 Å². The van der Waals surface area contributed by atoms with Crippen molar-refractivity contribution >= 4 is 11.9 Å². The van der Waals surface area contributed by atoms with Crippen molar-refractivity contribution < 1.29 is 32.6 Å². The molecule has 1 aromatic carbocycles. The third-order valence-electron chi connectivity index (χ3n) is 3.50. The molecule has 1 fully saturated rings. The van der Waals surface area contributed by atoms with E-state index in [1.165, 1.54) is 12.1 Å². The van der Waals surface area contributed by atoms with Gasteiger partial charge in [-0.05, 0) is 30.5 Å². The second kappa shape index (κ2) is 6.99. The van der Waals surface area contributed by atoms with Crippen LogP contribution in [0.15, 0.2) is 24.3 Å². The molecule has 23 heavy (non-hydrogen) atoms. The smallest absolute Gasteiger partial charge is 0.416 e. The zero-order valence-corrected chi connectivity index (χ0v) is 12.2. The lowest BCUT2D eigenvalue weighted by atomic mass is 10.1. The van der Waals surface area contributed by atoms with Crippen LogP contribution in [0.1, 0.15) is 24.0 Å². The Labute approximate surface area is 130 Å². The van der Waals surface area contributed by atoms with Crippen molar-refractivity contribution in [1.29, 1.82) is 0 Å². The van der Waals surface area contributed by atoms with E-state index < -0.39 is 36.3 Å². The fraction of sp³-hybridized carbons (Fsp3) is 0.467. The summed E-state index contributed by atoms with van der Waals surface area (Å²) in [6.45, 7) is -0.166. The Hall–Kier alpha value is -2.09. The van der Waals surface area contributed by atoms with Gasteiger partial charge in [-0.15, -0.1) is 0 Å². The Bertz CT molecular complexity index is 565. The minimum absolute atomic E-state index is 0.0802. The van der Waals surface area contributed by atoms with Gasteiger partial charge in [-0.25, -0.2) is 0 Å². The van der Waals surface area contributed by atoms with Crippen LogP contribution in [0.2, 0.25) is 0 Å². The highest BCUT2D eigenvalue weighted by Gasteiger charge is 2.31. The monoisotopic (exact) mass is 331 g/mol. The Morgan fingerprint density at radius 1 is 1.26 bits per heavy atom. The maximum atomic E-state index is 12.5. The van der Waals surface area contributed by atoms with E-state index in [0.717, 1.165) is 23.5 Å². The minimum atomic E-state index is -4.44. The first-order valence-corrected chi connectivity index (χ1v) is 7.05. The molecule has 1 amide bonds. The number of carboxylic acids is 1. The number of carboxylic acid groups (broad SMARTS) is 1. The lowest BCUT2D eigenvalue weighted by Crippen LogP contribution is -2.41. The second-order valence-electron chi connectivity index (χ2n) is 5.28. The number of amides is 1. The fourth-order valence-electron chi connectivity index (χ4n) is 2.37. The number of carbonyl (C=O) groups is 2. The number of rotatable bonds is 5. The molecule has 1 aromatic rings. The first-order valence-electron chi connectivity index (χ1n) is 7.05. The first-order chi connectivity index (χ1) is 10.8. The van der Waals surface area contributed by atoms with E-state index in [1.807, 2.05) is 0 Å². The molecule has 1 saturated heterocycles. The summed E-state index contributed by atoms with van der Waals surface area (Å²) >= 11 is 0. The van der Waals surface area contributed by atoms with E-state index in [1.54, 1.807) is 0 Å². The van der Waals surface area contributed by atoms with E-state index in [0.29, 0.717) is 18.6 Å². The minimum Gasteiger partial charge on any atom is -0.480 e. The molecule has 1 aliphatic heterocycles. The molecule has 0 bridgehead atoms. The van der Waals surface area contributed by atoms with Gasteiger partial charge >= 0.3 is 12.1 Å². The molecule has 5 nitrogen and oxygen atoms in total. The Kier molecular flexibility index (Phi) is 5.25. The lowest BCUT2D eigenvalue weighted by Gasteiger charge is -2.23. The summed E-state index contributed by atoms with van der Waals surface area (Å²) in [6, 6.07) is 4.29. The zero-order chi connectivity index (χ0) is 17.0. The SMILES string of the molecule is O=C(O)CN(Cc1ccc(C(F)(F)F)cc1)C(=O)C1CCCO1. The molecule has 0 saturated carbocycles. The molecule has 126 valence electrons. The molecule has 0 spiro atoms. The van der Waals surface area contributed by atoms with Gasteiger partial charge in [0.2, 0.25) is 0 Å². The number of halogens is 3. The lowest BCUT2D eigenvalue weighted by molar-refractivity contribution is -0.149. The van der Waals surface area contributed by atoms with Crippen molar-refractivity contribution in [3.8, 4) is 0 Å². The maximum absolute atomic E-state index is 12.5. The number of alkyl halides is 3. The third kappa shape index (κ3) is 4.69. The van der Waals surface area contributed by atoms with Crippen molar-refractivity contribution in [2.24, 2.45) is 0 Å². The van der Waals surface area contributed by atoms with Crippen LogP contribution >= 0.6 is 0 Å². The molecule has 1 atom stereocenters. The van der Waals surface area contributed by atoms with Gasteiger partial charge in [0.1, 0.15) is 12.6 Å². The van der Waals surface area contributed by atoms with Crippen LogP contribution in [0, 0.1) is 0 Å². The molecule has 2 rings (SSSR count). The van der Waals surface area contributed by atoms with Crippen molar-refractivity contribution in [2.45, 2.75) is 31.7 Å². The summed E-state index contributed by atoms with van der Waals surface area (Å²) in [5.74, 6) is -1.65. The van der Waals surface area contributed by atoms with Gasteiger partial charge < -0.3 is 14.7 Å². The largest absolute Gasteiger partial charge is 0.480 e. The molecule has 1 aliphatic rings. The van der Waals surface area contributed by atoms with Crippen LogP contribution in [0.4, 0.5) is 13.2 Å². The zero-order valence-electron chi connectivity index (χ0n) is 12.2. The Balaban J connectivity index is 2.10. The van der Waals surface area contributed by atoms with Gasteiger partial charge in [0, 0.05) is 13.2 Å². The van der Waals surface area contributed by atoms with E-state index in [2.05, 4.69) is 0 Å². The van der Waals surface area contributed by atoms with Crippen LogP contribution in [0.5, 0.6) is 0 Å². The van der Waals surface area contributed by atoms with Crippen LogP contribution in [0.25, 0.3) is 0 Å². The van der Waals surface area contributed by atoms with Crippen LogP contribution in [0.3, 0.4) is 0 Å². The third-order valence-corrected chi connectivity index (χ3v) is 3.50. The summed E-state index contributed by atoms with van der Waals surface area (Å²) in [4.78, 5) is 24.3. The van der Waals surface area contributed by atoms with Gasteiger partial charge in [-0.3, -0.25) is 9.59 Å². The number of nitrogens with zero attached hydrogens (tertiary/aromatic N) is 1. The summed E-state index contributed by atoms with van der Waals surface area (Å²) in [7, 11) is 0. The molecule has 0 aromatic heterocycles. The highest BCUT2D eigenvalue weighted by atomic mass is 19.4. The number of hydrogen-bond donors (Lipinski definition) is 1. The number of ether oxygens (including phenoxy) is 1. The predicted molar refractivity (Wildman–Crippen MR) is 73.5 cm³/mol. The average molecular weight is 331 g/mol. The van der Waals surface area contributed by atoms with E-state index in [-0.39, 0.29) is 6.54 Å². The summed E-state index contributed by atoms with van der Waals surface area (Å²) < 4.78 is 42.8. The van der Waals surface area contributed by atoms with E-state index >= 15 is 0 Å². The van der Waals surface area contributed by atoms with E-state index in [9.17, 15) is 22.8 Å². The van der Waals surface area contributed by atoms with E-state index in [4.69, 9.17) is 9.84 Å². The fourth-order valence-corrected chi connectivity index (χ4v) is 2.37. The van der Waals surface area contributed by atoms with Crippen molar-refractivity contribution in [2.75, 3.05) is 13.2 Å². The molecule has 1 unspecified atom stereocenters. The molecular weight excluding hydrogens is 315 g/mol. The molecule has 1 heterocycles. The standard InChI is InChI=1S/C15H16F3NO4/c16-15(17,18)11-5-3-10(4-6-11)8-19(9-13(20)21)14(22)12-2-1-7-23-12/h3-6,12H,1-2,7-9H2,(H,20,21). The number of hydrogen-bond acceptors (Lipinski definition) is 3. The Morgan fingerprint density at radius 3 is 2.39 bits per heavy atom. The van der Waals surface area contributed by atoms with Crippen LogP contribution in [-0.2, 0) is 27.0 Å². The predicted octanol–water partition coefficient (Wildman–Crippen LogP) is 2.30. The van der Waals surface area contributed by atoms with Crippen molar-refractivity contribution in [1.82, 2.24) is 4.90 Å². The molecular formula is C15H16F3NO4. The molecule has 8 heteroatoms. The van der Waals surface area contributed by atoms with Crippen molar-refractivity contribution in [3.05, 3.63) is 35.4 Å². The van der Waals surface area contributed by atoms with Gasteiger partial charge in [-0.2, -0.15) is 13.2 Å². The summed E-state index contributed by atoms with van der Waals surface area (Å²) in [5.41, 5.74) is -0.373.